The molecule has 1 aromatic rings. The van der Waals surface area contributed by atoms with Crippen LogP contribution in [0.2, 0.25) is 0 Å². The van der Waals surface area contributed by atoms with Crippen molar-refractivity contribution in [2.45, 2.75) is 32.7 Å². The normalized spacial score (nSPS) is 19.3. The van der Waals surface area contributed by atoms with Crippen LogP contribution >= 0.6 is 0 Å². The number of rotatable bonds is 5. The van der Waals surface area contributed by atoms with E-state index in [1.54, 1.807) is 6.92 Å². The molecule has 9 heteroatoms. The molecule has 0 aromatic carbocycles. The molecule has 0 saturated carbocycles. The molecule has 118 valence electrons. The van der Waals surface area contributed by atoms with Gasteiger partial charge >= 0.3 is 0 Å². The average molecular weight is 315 g/mol. The van der Waals surface area contributed by atoms with E-state index >= 15 is 0 Å². The Morgan fingerprint density at radius 2 is 2.19 bits per heavy atom. The zero-order valence-corrected chi connectivity index (χ0v) is 13.1. The van der Waals surface area contributed by atoms with Crippen molar-refractivity contribution in [2.24, 2.45) is 5.92 Å². The van der Waals surface area contributed by atoms with Gasteiger partial charge in [-0.3, -0.25) is 9.89 Å². The third-order valence-corrected chi connectivity index (χ3v) is 5.67. The second-order valence-electron chi connectivity index (χ2n) is 5.17. The van der Waals surface area contributed by atoms with Crippen LogP contribution in [0.4, 0.5) is 0 Å². The van der Waals surface area contributed by atoms with Crippen molar-refractivity contribution in [1.82, 2.24) is 24.8 Å². The number of aromatic amines is 1. The van der Waals surface area contributed by atoms with Crippen molar-refractivity contribution in [1.29, 1.82) is 0 Å². The van der Waals surface area contributed by atoms with Crippen molar-refractivity contribution in [3.8, 4) is 0 Å². The SMILES string of the molecule is CCS(=O)(=O)N1CCC(C(=O)NC(C)c2ncn[nH]2)CC1. The summed E-state index contributed by atoms with van der Waals surface area (Å²) in [5.41, 5.74) is 0. The number of sulfonamides is 1. The number of nitrogens with one attached hydrogen (secondary N) is 2. The fraction of sp³-hybridized carbons (Fsp3) is 0.750. The van der Waals surface area contributed by atoms with Gasteiger partial charge in [0.1, 0.15) is 12.2 Å². The van der Waals surface area contributed by atoms with E-state index in [1.165, 1.54) is 10.6 Å². The molecule has 1 fully saturated rings. The Morgan fingerprint density at radius 3 is 2.71 bits per heavy atom. The summed E-state index contributed by atoms with van der Waals surface area (Å²) >= 11 is 0. The van der Waals surface area contributed by atoms with Gasteiger partial charge in [-0.05, 0) is 26.7 Å². The highest BCUT2D eigenvalue weighted by atomic mass is 32.2. The van der Waals surface area contributed by atoms with Crippen LogP contribution in [0, 0.1) is 5.92 Å². The molecule has 0 bridgehead atoms. The Labute approximate surface area is 124 Å². The fourth-order valence-electron chi connectivity index (χ4n) is 2.40. The maximum atomic E-state index is 12.2. The maximum Gasteiger partial charge on any atom is 0.223 e. The highest BCUT2D eigenvalue weighted by Crippen LogP contribution is 2.21. The van der Waals surface area contributed by atoms with E-state index in [-0.39, 0.29) is 23.6 Å². The minimum atomic E-state index is -3.15. The van der Waals surface area contributed by atoms with Gasteiger partial charge in [0.05, 0.1) is 11.8 Å². The predicted octanol–water partition coefficient (Wildman–Crippen LogP) is 0.0436. The molecule has 1 aliphatic rings. The molecule has 1 atom stereocenters. The van der Waals surface area contributed by atoms with Gasteiger partial charge < -0.3 is 5.32 Å². The van der Waals surface area contributed by atoms with Crippen LogP contribution in [-0.4, -0.2) is 52.7 Å². The van der Waals surface area contributed by atoms with E-state index in [9.17, 15) is 13.2 Å². The lowest BCUT2D eigenvalue weighted by Gasteiger charge is -2.30. The summed E-state index contributed by atoms with van der Waals surface area (Å²) in [4.78, 5) is 16.2. The number of nitrogens with zero attached hydrogens (tertiary/aromatic N) is 3. The molecule has 21 heavy (non-hydrogen) atoms. The summed E-state index contributed by atoms with van der Waals surface area (Å²) in [6.45, 7) is 4.28. The Morgan fingerprint density at radius 1 is 1.52 bits per heavy atom. The molecule has 8 nitrogen and oxygen atoms in total. The van der Waals surface area contributed by atoms with Crippen molar-refractivity contribution in [2.75, 3.05) is 18.8 Å². The number of amides is 1. The van der Waals surface area contributed by atoms with Gasteiger partial charge in [-0.25, -0.2) is 17.7 Å². The number of piperidine rings is 1. The minimum absolute atomic E-state index is 0.0625. The molecular formula is C12H21N5O3S. The van der Waals surface area contributed by atoms with E-state index < -0.39 is 10.0 Å². The molecule has 0 aliphatic carbocycles. The van der Waals surface area contributed by atoms with Gasteiger partial charge in [0.25, 0.3) is 0 Å². The number of H-pyrrole nitrogens is 1. The summed E-state index contributed by atoms with van der Waals surface area (Å²) in [6, 6.07) is -0.239. The minimum Gasteiger partial charge on any atom is -0.346 e. The van der Waals surface area contributed by atoms with E-state index in [0.29, 0.717) is 31.8 Å². The first-order valence-electron chi connectivity index (χ1n) is 7.07. The standard InChI is InChI=1S/C12H21N5O3S/c1-3-21(19,20)17-6-4-10(5-7-17)12(18)15-9(2)11-13-8-14-16-11/h8-10H,3-7H2,1-2H3,(H,15,18)(H,13,14,16). The Bertz CT molecular complexity index is 564. The Balaban J connectivity index is 1.86. The number of hydrogen-bond donors (Lipinski definition) is 2. The highest BCUT2D eigenvalue weighted by Gasteiger charge is 2.30. The predicted molar refractivity (Wildman–Crippen MR) is 76.7 cm³/mol. The number of hydrogen-bond acceptors (Lipinski definition) is 5. The summed E-state index contributed by atoms with van der Waals surface area (Å²) in [7, 11) is -3.15. The van der Waals surface area contributed by atoms with E-state index in [2.05, 4.69) is 20.5 Å². The van der Waals surface area contributed by atoms with E-state index in [4.69, 9.17) is 0 Å². The number of carbonyl (C=O) groups excluding carboxylic acids is 1. The lowest BCUT2D eigenvalue weighted by Crippen LogP contribution is -2.43. The van der Waals surface area contributed by atoms with Crippen LogP contribution in [0.1, 0.15) is 38.6 Å². The Kier molecular flexibility index (Phi) is 4.94. The molecule has 0 spiro atoms. The number of carbonyl (C=O) groups is 1. The van der Waals surface area contributed by atoms with E-state index in [1.807, 2.05) is 6.92 Å². The van der Waals surface area contributed by atoms with Gasteiger partial charge in [0.15, 0.2) is 0 Å². The monoisotopic (exact) mass is 315 g/mol. The first-order valence-corrected chi connectivity index (χ1v) is 8.68. The lowest BCUT2D eigenvalue weighted by molar-refractivity contribution is -0.126. The van der Waals surface area contributed by atoms with Gasteiger partial charge in [-0.1, -0.05) is 0 Å². The van der Waals surface area contributed by atoms with Crippen molar-refractivity contribution in [3.63, 3.8) is 0 Å². The van der Waals surface area contributed by atoms with Gasteiger partial charge in [-0.15, -0.1) is 0 Å². The first kappa shape index (κ1) is 15.9. The van der Waals surface area contributed by atoms with Crippen molar-refractivity contribution < 1.29 is 13.2 Å². The average Bonchev–Trinajstić information content (AvgIpc) is 3.01. The van der Waals surface area contributed by atoms with Crippen LogP contribution in [0.25, 0.3) is 0 Å². The first-order chi connectivity index (χ1) is 9.94. The smallest absolute Gasteiger partial charge is 0.223 e. The second kappa shape index (κ2) is 6.52. The highest BCUT2D eigenvalue weighted by molar-refractivity contribution is 7.89. The topological polar surface area (TPSA) is 108 Å². The molecule has 2 heterocycles. The van der Waals surface area contributed by atoms with Gasteiger partial charge in [0.2, 0.25) is 15.9 Å². The maximum absolute atomic E-state index is 12.2. The van der Waals surface area contributed by atoms with Gasteiger partial charge in [-0.2, -0.15) is 5.10 Å². The van der Waals surface area contributed by atoms with Crippen molar-refractivity contribution >= 4 is 15.9 Å². The Hall–Kier alpha value is -1.48. The summed E-state index contributed by atoms with van der Waals surface area (Å²) < 4.78 is 25.0. The summed E-state index contributed by atoms with van der Waals surface area (Å²) in [6.07, 6.45) is 2.49. The lowest BCUT2D eigenvalue weighted by atomic mass is 9.97. The summed E-state index contributed by atoms with van der Waals surface area (Å²) in [5, 5.41) is 9.34. The number of aromatic nitrogens is 3. The van der Waals surface area contributed by atoms with Crippen LogP contribution < -0.4 is 5.32 Å². The molecule has 1 amide bonds. The molecule has 1 saturated heterocycles. The van der Waals surface area contributed by atoms with E-state index in [0.717, 1.165) is 0 Å². The molecule has 2 N–H and O–H groups in total. The molecule has 1 aliphatic heterocycles. The second-order valence-corrected chi connectivity index (χ2v) is 7.43. The zero-order chi connectivity index (χ0) is 15.5. The van der Waals surface area contributed by atoms with Crippen LogP contribution in [0.3, 0.4) is 0 Å². The molecular weight excluding hydrogens is 294 g/mol. The molecule has 1 unspecified atom stereocenters. The third-order valence-electron chi connectivity index (χ3n) is 3.79. The van der Waals surface area contributed by atoms with Crippen LogP contribution in [-0.2, 0) is 14.8 Å². The zero-order valence-electron chi connectivity index (χ0n) is 12.2. The quantitative estimate of drug-likeness (QED) is 0.798. The van der Waals surface area contributed by atoms with Crippen molar-refractivity contribution in [3.05, 3.63) is 12.2 Å². The summed E-state index contributed by atoms with van der Waals surface area (Å²) in [5.74, 6) is 0.493. The van der Waals surface area contributed by atoms with Crippen LogP contribution in [0.5, 0.6) is 0 Å². The fourth-order valence-corrected chi connectivity index (χ4v) is 3.53. The third kappa shape index (κ3) is 3.79. The molecule has 2 rings (SSSR count). The van der Waals surface area contributed by atoms with Crippen LogP contribution in [0.15, 0.2) is 6.33 Å². The molecule has 1 aromatic heterocycles. The largest absolute Gasteiger partial charge is 0.346 e. The van der Waals surface area contributed by atoms with Gasteiger partial charge in [0, 0.05) is 19.0 Å². The molecule has 0 radical (unpaired) electrons.